The van der Waals surface area contributed by atoms with Gasteiger partial charge >= 0.3 is 5.97 Å². The van der Waals surface area contributed by atoms with Gasteiger partial charge in [0.1, 0.15) is 15.6 Å². The molecule has 2 heterocycles. The molecule has 0 unspecified atom stereocenters. The molecule has 0 aliphatic heterocycles. The number of aryl methyl sites for hydroxylation is 1. The van der Waals surface area contributed by atoms with E-state index in [0.29, 0.717) is 27.7 Å². The number of carboxylic acid groups (broad SMARTS) is 1. The van der Waals surface area contributed by atoms with E-state index in [0.717, 1.165) is 11.3 Å². The molecule has 0 saturated carbocycles. The molecule has 0 radical (unpaired) electrons. The first kappa shape index (κ1) is 17.8. The zero-order valence-corrected chi connectivity index (χ0v) is 15.4. The number of benzene rings is 2. The summed E-state index contributed by atoms with van der Waals surface area (Å²) in [6.07, 6.45) is 3.14. The number of aromatic carboxylic acids is 1. The molecule has 0 aliphatic carbocycles. The second kappa shape index (κ2) is 7.20. The highest BCUT2D eigenvalue weighted by Gasteiger charge is 2.18. The quantitative estimate of drug-likeness (QED) is 0.540. The molecule has 0 aliphatic rings. The van der Waals surface area contributed by atoms with Crippen LogP contribution in [0, 0.1) is 12.7 Å². The molecule has 9 heteroatoms. The normalized spacial score (nSPS) is 10.8. The molecular formula is C19H13FN4O3S. The predicted octanol–water partition coefficient (Wildman–Crippen LogP) is 4.33. The summed E-state index contributed by atoms with van der Waals surface area (Å²) in [5, 5.41) is 17.6. The van der Waals surface area contributed by atoms with Crippen LogP contribution in [0.3, 0.4) is 0 Å². The fourth-order valence-corrected chi connectivity index (χ4v) is 3.52. The van der Waals surface area contributed by atoms with Gasteiger partial charge in [-0.25, -0.2) is 18.9 Å². The van der Waals surface area contributed by atoms with E-state index in [2.05, 4.69) is 15.3 Å². The van der Waals surface area contributed by atoms with Gasteiger partial charge in [-0.3, -0.25) is 0 Å². The lowest BCUT2D eigenvalue weighted by molar-refractivity contribution is 0.0701. The minimum atomic E-state index is -1.02. The van der Waals surface area contributed by atoms with Crippen LogP contribution in [0.25, 0.3) is 16.3 Å². The Labute approximate surface area is 162 Å². The Morgan fingerprint density at radius 3 is 2.71 bits per heavy atom. The summed E-state index contributed by atoms with van der Waals surface area (Å²) in [5.41, 5.74) is 1.65. The monoisotopic (exact) mass is 396 g/mol. The lowest BCUT2D eigenvalue weighted by Crippen LogP contribution is -2.00. The van der Waals surface area contributed by atoms with Crippen LogP contribution in [-0.2, 0) is 0 Å². The number of ether oxygens (including phenoxy) is 1. The van der Waals surface area contributed by atoms with Gasteiger partial charge in [0.05, 0.1) is 18.1 Å². The number of carboxylic acids is 1. The van der Waals surface area contributed by atoms with Crippen LogP contribution in [0.1, 0.15) is 15.4 Å². The van der Waals surface area contributed by atoms with Gasteiger partial charge < -0.3 is 9.84 Å². The van der Waals surface area contributed by atoms with Gasteiger partial charge in [0, 0.05) is 5.56 Å². The Balaban J connectivity index is 1.80. The molecule has 0 atom stereocenters. The molecule has 0 spiro atoms. The van der Waals surface area contributed by atoms with Gasteiger partial charge in [-0.15, -0.1) is 16.4 Å². The molecule has 2 aromatic heterocycles. The number of hydrogen-bond donors (Lipinski definition) is 1. The van der Waals surface area contributed by atoms with E-state index >= 15 is 0 Å². The van der Waals surface area contributed by atoms with Crippen molar-refractivity contribution in [3.8, 4) is 27.8 Å². The number of nitrogens with zero attached hydrogens (tertiary/aromatic N) is 4. The van der Waals surface area contributed by atoms with Gasteiger partial charge in [-0.05, 0) is 37.3 Å². The molecule has 0 amide bonds. The van der Waals surface area contributed by atoms with Crippen LogP contribution in [0.5, 0.6) is 11.5 Å². The standard InChI is InChI=1S/C19H13FN4O3S/c1-11-17(19(25)26)28-18(22-11)12-6-7-16(14(10-12)24-9-8-21-23-24)27-15-5-3-2-4-13(15)20/h2-10H,1H3,(H,25,26). The average Bonchev–Trinajstić information content (AvgIpc) is 3.34. The summed E-state index contributed by atoms with van der Waals surface area (Å²) in [6.45, 7) is 1.65. The minimum Gasteiger partial charge on any atom is -0.477 e. The van der Waals surface area contributed by atoms with Crippen molar-refractivity contribution in [2.45, 2.75) is 6.92 Å². The van der Waals surface area contributed by atoms with Crippen molar-refractivity contribution in [2.24, 2.45) is 0 Å². The smallest absolute Gasteiger partial charge is 0.347 e. The van der Waals surface area contributed by atoms with E-state index in [1.807, 2.05) is 0 Å². The highest BCUT2D eigenvalue weighted by molar-refractivity contribution is 7.17. The second-order valence-corrected chi connectivity index (χ2v) is 6.80. The highest BCUT2D eigenvalue weighted by Crippen LogP contribution is 2.35. The minimum absolute atomic E-state index is 0.0786. The maximum atomic E-state index is 14.0. The molecule has 140 valence electrons. The van der Waals surface area contributed by atoms with Crippen molar-refractivity contribution in [3.63, 3.8) is 0 Å². The first-order valence-electron chi connectivity index (χ1n) is 8.17. The molecule has 4 rings (SSSR count). The van der Waals surface area contributed by atoms with Crippen molar-refractivity contribution in [3.05, 3.63) is 71.2 Å². The first-order valence-corrected chi connectivity index (χ1v) is 8.99. The third-order valence-corrected chi connectivity index (χ3v) is 5.12. The summed E-state index contributed by atoms with van der Waals surface area (Å²) in [7, 11) is 0. The Hall–Kier alpha value is -3.59. The van der Waals surface area contributed by atoms with E-state index in [1.54, 1.807) is 43.5 Å². The topological polar surface area (TPSA) is 90.1 Å². The SMILES string of the molecule is Cc1nc(-c2ccc(Oc3ccccc3F)c(-n3ccnn3)c2)sc1C(=O)O. The van der Waals surface area contributed by atoms with Crippen LogP contribution < -0.4 is 4.74 Å². The van der Waals surface area contributed by atoms with Gasteiger partial charge in [-0.1, -0.05) is 17.3 Å². The molecule has 2 aromatic carbocycles. The van der Waals surface area contributed by atoms with Crippen LogP contribution in [-0.4, -0.2) is 31.1 Å². The van der Waals surface area contributed by atoms with Crippen LogP contribution in [0.4, 0.5) is 4.39 Å². The lowest BCUT2D eigenvalue weighted by Gasteiger charge is -2.12. The summed E-state index contributed by atoms with van der Waals surface area (Å²) in [5.74, 6) is -1.06. The lowest BCUT2D eigenvalue weighted by atomic mass is 10.2. The fraction of sp³-hybridized carbons (Fsp3) is 0.0526. The van der Waals surface area contributed by atoms with Crippen LogP contribution in [0.2, 0.25) is 0 Å². The third kappa shape index (κ3) is 3.35. The van der Waals surface area contributed by atoms with E-state index in [9.17, 15) is 14.3 Å². The van der Waals surface area contributed by atoms with Gasteiger partial charge in [0.25, 0.3) is 0 Å². The maximum absolute atomic E-state index is 14.0. The molecule has 4 aromatic rings. The van der Waals surface area contributed by atoms with Crippen molar-refractivity contribution < 1.29 is 19.0 Å². The average molecular weight is 396 g/mol. The molecule has 0 fully saturated rings. The Kier molecular flexibility index (Phi) is 4.58. The van der Waals surface area contributed by atoms with Crippen LogP contribution >= 0.6 is 11.3 Å². The third-order valence-electron chi connectivity index (χ3n) is 3.92. The zero-order valence-electron chi connectivity index (χ0n) is 14.5. The van der Waals surface area contributed by atoms with Gasteiger partial charge in [0.2, 0.25) is 0 Å². The summed E-state index contributed by atoms with van der Waals surface area (Å²) in [4.78, 5) is 15.8. The van der Waals surface area contributed by atoms with Gasteiger partial charge in [-0.2, -0.15) is 0 Å². The molecule has 7 nitrogen and oxygen atoms in total. The molecular weight excluding hydrogens is 383 g/mol. The second-order valence-electron chi connectivity index (χ2n) is 5.80. The molecule has 28 heavy (non-hydrogen) atoms. The summed E-state index contributed by atoms with van der Waals surface area (Å²) < 4.78 is 21.2. The van der Waals surface area contributed by atoms with E-state index in [1.165, 1.54) is 23.0 Å². The number of para-hydroxylation sites is 1. The first-order chi connectivity index (χ1) is 13.5. The Morgan fingerprint density at radius 1 is 1.21 bits per heavy atom. The molecule has 0 saturated heterocycles. The zero-order chi connectivity index (χ0) is 19.7. The van der Waals surface area contributed by atoms with E-state index < -0.39 is 11.8 Å². The number of carbonyl (C=O) groups is 1. The van der Waals surface area contributed by atoms with Crippen molar-refractivity contribution in [1.82, 2.24) is 20.0 Å². The number of thiazole rings is 1. The molecule has 1 N–H and O–H groups in total. The number of halogens is 1. The predicted molar refractivity (Wildman–Crippen MR) is 101 cm³/mol. The van der Waals surface area contributed by atoms with E-state index in [4.69, 9.17) is 4.74 Å². The number of hydrogen-bond acceptors (Lipinski definition) is 6. The Bertz CT molecular complexity index is 1160. The van der Waals surface area contributed by atoms with E-state index in [-0.39, 0.29) is 10.6 Å². The molecule has 0 bridgehead atoms. The largest absolute Gasteiger partial charge is 0.477 e. The van der Waals surface area contributed by atoms with Crippen molar-refractivity contribution in [1.29, 1.82) is 0 Å². The Morgan fingerprint density at radius 2 is 2.04 bits per heavy atom. The number of rotatable bonds is 5. The van der Waals surface area contributed by atoms with Gasteiger partial charge in [0.15, 0.2) is 17.3 Å². The number of aromatic nitrogens is 4. The van der Waals surface area contributed by atoms with Crippen molar-refractivity contribution >= 4 is 17.3 Å². The summed E-state index contributed by atoms with van der Waals surface area (Å²) in [6, 6.07) is 11.2. The highest BCUT2D eigenvalue weighted by atomic mass is 32.1. The fourth-order valence-electron chi connectivity index (χ4n) is 2.62. The maximum Gasteiger partial charge on any atom is 0.347 e. The van der Waals surface area contributed by atoms with Crippen LogP contribution in [0.15, 0.2) is 54.9 Å². The summed E-state index contributed by atoms with van der Waals surface area (Å²) >= 11 is 1.08. The van der Waals surface area contributed by atoms with Crippen molar-refractivity contribution in [2.75, 3.05) is 0 Å².